The number of nitrogens with one attached hydrogen (secondary N) is 2. The van der Waals surface area contributed by atoms with Crippen molar-refractivity contribution in [1.82, 2.24) is 5.32 Å². The van der Waals surface area contributed by atoms with E-state index in [0.717, 1.165) is 53.2 Å². The summed E-state index contributed by atoms with van der Waals surface area (Å²) in [6.45, 7) is 1.13. The van der Waals surface area contributed by atoms with Crippen LogP contribution in [0.5, 0.6) is 0 Å². The molecule has 2 unspecified atom stereocenters. The molecule has 0 radical (unpaired) electrons. The van der Waals surface area contributed by atoms with Crippen LogP contribution in [0.2, 0.25) is 0 Å². The second-order valence-corrected chi connectivity index (χ2v) is 13.6. The molecule has 6 rings (SSSR count). The van der Waals surface area contributed by atoms with Crippen LogP contribution in [0, 0.1) is 0 Å². The molecule has 240 valence electrons. The number of carbonyl (C=O) groups excluding carboxylic acids is 2. The van der Waals surface area contributed by atoms with Gasteiger partial charge < -0.3 is 19.6 Å². The van der Waals surface area contributed by atoms with Crippen LogP contribution in [0.3, 0.4) is 0 Å². The van der Waals surface area contributed by atoms with E-state index in [4.69, 9.17) is 4.42 Å². The van der Waals surface area contributed by atoms with Gasteiger partial charge >= 0.3 is 29.6 Å². The standard InChI is InChI=1S/C38H36N2O6S.Na/c1-25(47(43,44)45)39-37(41)31-13-11-26(12-14-31)23-34(29-17-15-28(16-18-29)27-7-3-2-4-8-27)38(42)40-33-21-19-30(20-22-33)36-24-32-9-5-6-10-35(32)46-36;/h5-7,9-22,24-25,34H,2-4,8,23H2,1H3,(H,39,41)(H,40,42)(H,43,44,45);/q;+1/p-1. The zero-order valence-corrected chi connectivity index (χ0v) is 29.8. The molecular weight excluding hydrogens is 635 g/mol. The van der Waals surface area contributed by atoms with Gasteiger partial charge in [0.15, 0.2) is 0 Å². The quantitative estimate of drug-likeness (QED) is 0.165. The summed E-state index contributed by atoms with van der Waals surface area (Å²) in [4.78, 5) is 26.4. The molecule has 0 saturated carbocycles. The topological polar surface area (TPSA) is 129 Å². The van der Waals surface area contributed by atoms with E-state index in [9.17, 15) is 22.6 Å². The number of anilines is 1. The molecule has 0 bridgehead atoms. The molecular formula is C38H35N2NaO6S. The average molecular weight is 671 g/mol. The summed E-state index contributed by atoms with van der Waals surface area (Å²) in [5.74, 6) is -0.639. The van der Waals surface area contributed by atoms with Gasteiger partial charge in [0.2, 0.25) is 5.91 Å². The normalized spacial score (nSPS) is 14.3. The largest absolute Gasteiger partial charge is 1.00 e. The van der Waals surface area contributed by atoms with E-state index >= 15 is 0 Å². The maximum Gasteiger partial charge on any atom is 1.00 e. The van der Waals surface area contributed by atoms with Gasteiger partial charge in [-0.3, -0.25) is 9.59 Å². The van der Waals surface area contributed by atoms with Crippen molar-refractivity contribution in [1.29, 1.82) is 0 Å². The van der Waals surface area contributed by atoms with Crippen molar-refractivity contribution in [3.8, 4) is 11.3 Å². The minimum absolute atomic E-state index is 0. The molecule has 10 heteroatoms. The van der Waals surface area contributed by atoms with Crippen molar-refractivity contribution in [2.75, 3.05) is 5.32 Å². The summed E-state index contributed by atoms with van der Waals surface area (Å²) in [5, 5.41) is 4.75. The number of carbonyl (C=O) groups is 2. The molecule has 2 atom stereocenters. The maximum atomic E-state index is 13.9. The van der Waals surface area contributed by atoms with E-state index in [1.165, 1.54) is 24.0 Å². The Hall–Kier alpha value is -3.99. The Morgan fingerprint density at radius 1 is 0.875 bits per heavy atom. The molecule has 0 spiro atoms. The molecule has 0 saturated heterocycles. The Morgan fingerprint density at radius 2 is 1.56 bits per heavy atom. The van der Waals surface area contributed by atoms with Gasteiger partial charge in [-0.15, -0.1) is 0 Å². The number of hydrogen-bond acceptors (Lipinski definition) is 6. The van der Waals surface area contributed by atoms with Crippen LogP contribution >= 0.6 is 0 Å². The van der Waals surface area contributed by atoms with E-state index in [2.05, 4.69) is 28.8 Å². The van der Waals surface area contributed by atoms with E-state index in [1.54, 1.807) is 24.3 Å². The smallest absolute Gasteiger partial charge is 0.746 e. The number of allylic oxidation sites excluding steroid dienone is 2. The Morgan fingerprint density at radius 3 is 2.21 bits per heavy atom. The Balaban J connectivity index is 0.00000451. The molecule has 2 N–H and O–H groups in total. The molecule has 0 aliphatic heterocycles. The van der Waals surface area contributed by atoms with Crippen molar-refractivity contribution in [2.24, 2.45) is 0 Å². The minimum Gasteiger partial charge on any atom is -0.746 e. The van der Waals surface area contributed by atoms with Gasteiger partial charge in [-0.05, 0) is 110 Å². The predicted octanol–water partition coefficient (Wildman–Crippen LogP) is 4.65. The summed E-state index contributed by atoms with van der Waals surface area (Å²) in [6, 6.07) is 32.1. The molecule has 2 amide bonds. The van der Waals surface area contributed by atoms with Gasteiger partial charge in [0.05, 0.1) is 5.92 Å². The Kier molecular flexibility index (Phi) is 11.4. The maximum absolute atomic E-state index is 13.9. The van der Waals surface area contributed by atoms with Crippen LogP contribution in [0.1, 0.15) is 65.6 Å². The summed E-state index contributed by atoms with van der Waals surface area (Å²) in [6.07, 6.45) is 7.16. The molecule has 1 aliphatic carbocycles. The minimum atomic E-state index is -4.66. The van der Waals surface area contributed by atoms with Gasteiger partial charge in [-0.1, -0.05) is 60.7 Å². The van der Waals surface area contributed by atoms with E-state index in [1.807, 2.05) is 66.7 Å². The van der Waals surface area contributed by atoms with Crippen LogP contribution in [0.4, 0.5) is 5.69 Å². The zero-order chi connectivity index (χ0) is 33.0. The first-order valence-corrected chi connectivity index (χ1v) is 17.1. The predicted molar refractivity (Wildman–Crippen MR) is 183 cm³/mol. The van der Waals surface area contributed by atoms with E-state index in [0.29, 0.717) is 12.1 Å². The molecule has 1 aromatic heterocycles. The van der Waals surface area contributed by atoms with Crippen molar-refractivity contribution in [2.45, 2.75) is 50.3 Å². The number of benzene rings is 4. The average Bonchev–Trinajstić information content (AvgIpc) is 3.52. The van der Waals surface area contributed by atoms with Crippen LogP contribution < -0.4 is 40.2 Å². The number of furan rings is 1. The summed E-state index contributed by atoms with van der Waals surface area (Å²) in [5.41, 5.74) is 6.74. The second kappa shape index (κ2) is 15.5. The third kappa shape index (κ3) is 8.53. The first-order chi connectivity index (χ1) is 22.6. The first-order valence-electron chi connectivity index (χ1n) is 15.7. The third-order valence-electron chi connectivity index (χ3n) is 8.58. The molecule has 8 nitrogen and oxygen atoms in total. The number of hydrogen-bond donors (Lipinski definition) is 2. The fraction of sp³-hybridized carbons (Fsp3) is 0.211. The second-order valence-electron chi connectivity index (χ2n) is 11.9. The number of amides is 2. The van der Waals surface area contributed by atoms with E-state index < -0.39 is 27.3 Å². The molecule has 4 aromatic carbocycles. The summed E-state index contributed by atoms with van der Waals surface area (Å²) in [7, 11) is -4.66. The van der Waals surface area contributed by atoms with Gasteiger partial charge in [-0.2, -0.15) is 0 Å². The van der Waals surface area contributed by atoms with Crippen molar-refractivity contribution in [3.63, 3.8) is 0 Å². The molecule has 0 fully saturated rings. The molecule has 1 aliphatic rings. The van der Waals surface area contributed by atoms with Gasteiger partial charge in [0.25, 0.3) is 5.91 Å². The van der Waals surface area contributed by atoms with Crippen LogP contribution in [-0.2, 0) is 21.3 Å². The molecule has 5 aromatic rings. The monoisotopic (exact) mass is 670 g/mol. The summed E-state index contributed by atoms with van der Waals surface area (Å²) < 4.78 is 39.6. The van der Waals surface area contributed by atoms with Crippen LogP contribution in [0.25, 0.3) is 27.9 Å². The van der Waals surface area contributed by atoms with Crippen LogP contribution in [0.15, 0.2) is 114 Å². The molecule has 48 heavy (non-hydrogen) atoms. The first kappa shape index (κ1) is 35.3. The van der Waals surface area contributed by atoms with E-state index in [-0.39, 0.29) is 41.0 Å². The molecule has 1 heterocycles. The fourth-order valence-corrected chi connectivity index (χ4v) is 6.08. The summed E-state index contributed by atoms with van der Waals surface area (Å²) >= 11 is 0. The number of rotatable bonds is 10. The fourth-order valence-electron chi connectivity index (χ4n) is 5.83. The van der Waals surface area contributed by atoms with Crippen molar-refractivity contribution >= 4 is 44.2 Å². The van der Waals surface area contributed by atoms with Gasteiger partial charge in [0.1, 0.15) is 26.8 Å². The van der Waals surface area contributed by atoms with Crippen molar-refractivity contribution < 1.29 is 56.5 Å². The number of fused-ring (bicyclic) bond motifs is 1. The SMILES string of the molecule is CC(NC(=O)c1ccc(CC(C(=O)Nc2ccc(-c3cc4ccccc4o3)cc2)c2ccc(C3=CCCCC3)cc2)cc1)S(=O)(=O)[O-].[Na+]. The third-order valence-corrected chi connectivity index (χ3v) is 9.56. The van der Waals surface area contributed by atoms with Crippen LogP contribution in [-0.4, -0.2) is 30.2 Å². The Labute approximate surface area is 302 Å². The number of para-hydroxylation sites is 1. The zero-order valence-electron chi connectivity index (χ0n) is 26.9. The van der Waals surface area contributed by atoms with Gasteiger partial charge in [-0.25, -0.2) is 8.42 Å². The van der Waals surface area contributed by atoms with Crippen molar-refractivity contribution in [3.05, 3.63) is 131 Å². The van der Waals surface area contributed by atoms with Gasteiger partial charge in [0, 0.05) is 22.2 Å². The Bertz CT molecular complexity index is 2000.